The Morgan fingerprint density at radius 3 is 1.39 bits per heavy atom. The lowest BCUT2D eigenvalue weighted by atomic mass is 10.0. The highest BCUT2D eigenvalue weighted by molar-refractivity contribution is 5.70. The zero-order valence-electron chi connectivity index (χ0n) is 19.9. The molecule has 3 atom stereocenters. The molecule has 0 aliphatic carbocycles. The Balaban J connectivity index is 5.01. The summed E-state index contributed by atoms with van der Waals surface area (Å²) in [6, 6.07) is 0. The van der Waals surface area contributed by atoms with Gasteiger partial charge >= 0.3 is 17.9 Å². The summed E-state index contributed by atoms with van der Waals surface area (Å²) in [6.07, 6.45) is 13.1. The van der Waals surface area contributed by atoms with Crippen molar-refractivity contribution in [3.63, 3.8) is 0 Å². The summed E-state index contributed by atoms with van der Waals surface area (Å²) in [6.45, 7) is 8.21. The topological polar surface area (TPSA) is 112 Å². The van der Waals surface area contributed by atoms with Crippen LogP contribution in [-0.4, -0.2) is 63.9 Å². The summed E-state index contributed by atoms with van der Waals surface area (Å²) in [5, 5.41) is 28.3. The quantitative estimate of drug-likeness (QED) is 0.152. The average molecular weight is 443 g/mol. The summed E-state index contributed by atoms with van der Waals surface area (Å²) >= 11 is 0. The van der Waals surface area contributed by atoms with E-state index in [0.717, 1.165) is 32.1 Å². The fourth-order valence-corrected chi connectivity index (χ4v) is 4.23. The van der Waals surface area contributed by atoms with Gasteiger partial charge in [0.05, 0.1) is 26.2 Å². The third kappa shape index (κ3) is 13.2. The molecule has 0 rings (SSSR count). The molecule has 0 aromatic heterocycles. The van der Waals surface area contributed by atoms with Crippen LogP contribution in [-0.2, 0) is 14.4 Å². The maximum atomic E-state index is 11.5. The van der Waals surface area contributed by atoms with E-state index < -0.39 is 35.7 Å². The summed E-state index contributed by atoms with van der Waals surface area (Å²) in [5.41, 5.74) is 0. The highest BCUT2D eigenvalue weighted by atomic mass is 16.4. The van der Waals surface area contributed by atoms with E-state index in [1.54, 1.807) is 20.8 Å². The fraction of sp³-hybridized carbons (Fsp3) is 0.792. The average Bonchev–Trinajstić information content (AvgIpc) is 2.68. The van der Waals surface area contributed by atoms with E-state index in [0.29, 0.717) is 6.54 Å². The number of carboxylic acid groups (broad SMARTS) is 3. The van der Waals surface area contributed by atoms with E-state index in [9.17, 15) is 29.7 Å². The van der Waals surface area contributed by atoms with Crippen LogP contribution >= 0.6 is 0 Å². The van der Waals surface area contributed by atoms with Gasteiger partial charge in [0.25, 0.3) is 0 Å². The monoisotopic (exact) mass is 442 g/mol. The Hall–Kier alpha value is -1.89. The second-order valence-electron chi connectivity index (χ2n) is 9.16. The van der Waals surface area contributed by atoms with E-state index in [4.69, 9.17) is 0 Å². The molecule has 0 bridgehead atoms. The number of hydrogen-bond donors (Lipinski definition) is 3. The van der Waals surface area contributed by atoms with Crippen LogP contribution in [0.3, 0.4) is 0 Å². The van der Waals surface area contributed by atoms with Crippen molar-refractivity contribution in [2.45, 2.75) is 79.1 Å². The van der Waals surface area contributed by atoms with E-state index in [1.807, 2.05) is 6.92 Å². The van der Waals surface area contributed by atoms with Gasteiger partial charge in [-0.1, -0.05) is 37.8 Å². The van der Waals surface area contributed by atoms with E-state index in [1.165, 1.54) is 19.3 Å². The van der Waals surface area contributed by atoms with Crippen LogP contribution in [0.25, 0.3) is 0 Å². The van der Waals surface area contributed by atoms with E-state index >= 15 is 0 Å². The largest absolute Gasteiger partial charge is 0.481 e. The smallest absolute Gasteiger partial charge is 0.311 e. The standard InChI is InChI=1S/C24H43NO6/c1-5-6-7-8-9-10-11-12-13-14-15-25(16-19(2)22(26)27,17-20(3)23(28)29)18-21(4)24(30)31/h5-6,19-21H,7-18H2,1-4H3,(H2-,26,27,28,29,30,31)/p+1/b6-5+. The van der Waals surface area contributed by atoms with Crippen LogP contribution < -0.4 is 0 Å². The minimum atomic E-state index is -0.939. The van der Waals surface area contributed by atoms with Crippen LogP contribution in [0, 0.1) is 17.8 Å². The molecule has 7 nitrogen and oxygen atoms in total. The first-order chi connectivity index (χ1) is 14.5. The molecule has 0 radical (unpaired) electrons. The number of unbranched alkanes of at least 4 members (excludes halogenated alkanes) is 7. The maximum Gasteiger partial charge on any atom is 0.311 e. The Bertz CT molecular complexity index is 519. The highest BCUT2D eigenvalue weighted by Gasteiger charge is 2.38. The van der Waals surface area contributed by atoms with Crippen LogP contribution in [0.15, 0.2) is 12.2 Å². The van der Waals surface area contributed by atoms with Crippen molar-refractivity contribution in [2.24, 2.45) is 17.8 Å². The molecular formula is C24H44NO6+. The third-order valence-electron chi connectivity index (χ3n) is 5.99. The lowest BCUT2D eigenvalue weighted by Crippen LogP contribution is -2.57. The first-order valence-corrected chi connectivity index (χ1v) is 11.7. The predicted octanol–water partition coefficient (Wildman–Crippen LogP) is 4.66. The molecule has 0 amide bonds. The summed E-state index contributed by atoms with van der Waals surface area (Å²) in [4.78, 5) is 34.5. The van der Waals surface area contributed by atoms with E-state index in [-0.39, 0.29) is 24.1 Å². The molecule has 31 heavy (non-hydrogen) atoms. The minimum absolute atomic E-state index is 0.220. The number of carbonyl (C=O) groups is 3. The number of nitrogens with zero attached hydrogens (tertiary/aromatic N) is 1. The second kappa shape index (κ2) is 15.8. The predicted molar refractivity (Wildman–Crippen MR) is 122 cm³/mol. The van der Waals surface area contributed by atoms with Gasteiger partial charge in [0.15, 0.2) is 0 Å². The first kappa shape index (κ1) is 29.1. The Morgan fingerprint density at radius 1 is 0.677 bits per heavy atom. The van der Waals surface area contributed by atoms with Crippen LogP contribution in [0.5, 0.6) is 0 Å². The number of carboxylic acids is 3. The minimum Gasteiger partial charge on any atom is -0.481 e. The van der Waals surface area contributed by atoms with Gasteiger partial charge < -0.3 is 19.8 Å². The Labute approximate surface area is 187 Å². The molecule has 3 unspecified atom stereocenters. The van der Waals surface area contributed by atoms with Crippen molar-refractivity contribution in [1.82, 2.24) is 0 Å². The summed E-state index contributed by atoms with van der Waals surface area (Å²) < 4.78 is 0.220. The Kier molecular flexibility index (Phi) is 14.9. The molecule has 0 saturated carbocycles. The Morgan fingerprint density at radius 2 is 1.03 bits per heavy atom. The molecule has 3 N–H and O–H groups in total. The lowest BCUT2D eigenvalue weighted by molar-refractivity contribution is -0.934. The molecular weight excluding hydrogens is 398 g/mol. The molecule has 0 aliphatic heterocycles. The number of quaternary nitrogens is 1. The van der Waals surface area contributed by atoms with Crippen molar-refractivity contribution in [1.29, 1.82) is 0 Å². The van der Waals surface area contributed by atoms with Gasteiger partial charge in [-0.25, -0.2) is 0 Å². The number of hydrogen-bond acceptors (Lipinski definition) is 3. The normalized spacial score (nSPS) is 16.5. The molecule has 0 saturated heterocycles. The zero-order valence-corrected chi connectivity index (χ0v) is 19.9. The lowest BCUT2D eigenvalue weighted by Gasteiger charge is -2.42. The molecule has 0 spiro atoms. The van der Waals surface area contributed by atoms with Gasteiger partial charge in [-0.15, -0.1) is 0 Å². The van der Waals surface area contributed by atoms with Gasteiger partial charge in [0.2, 0.25) is 0 Å². The van der Waals surface area contributed by atoms with Crippen molar-refractivity contribution in [2.75, 3.05) is 26.2 Å². The van der Waals surface area contributed by atoms with Crippen molar-refractivity contribution >= 4 is 17.9 Å². The third-order valence-corrected chi connectivity index (χ3v) is 5.99. The van der Waals surface area contributed by atoms with Gasteiger partial charge in [-0.05, 0) is 53.4 Å². The van der Waals surface area contributed by atoms with Gasteiger partial charge in [0, 0.05) is 0 Å². The van der Waals surface area contributed by atoms with Crippen molar-refractivity contribution in [3.8, 4) is 0 Å². The van der Waals surface area contributed by atoms with Crippen molar-refractivity contribution in [3.05, 3.63) is 12.2 Å². The summed E-state index contributed by atoms with van der Waals surface area (Å²) in [7, 11) is 0. The number of allylic oxidation sites excluding steroid dienone is 2. The fourth-order valence-electron chi connectivity index (χ4n) is 4.23. The number of rotatable bonds is 19. The first-order valence-electron chi connectivity index (χ1n) is 11.7. The van der Waals surface area contributed by atoms with E-state index in [2.05, 4.69) is 12.2 Å². The molecule has 0 heterocycles. The zero-order chi connectivity index (χ0) is 23.9. The van der Waals surface area contributed by atoms with Crippen LogP contribution in [0.1, 0.15) is 79.1 Å². The molecule has 0 aromatic rings. The highest BCUT2D eigenvalue weighted by Crippen LogP contribution is 2.22. The van der Waals surface area contributed by atoms with Crippen LogP contribution in [0.2, 0.25) is 0 Å². The summed E-state index contributed by atoms with van der Waals surface area (Å²) in [5.74, 6) is -4.82. The van der Waals surface area contributed by atoms with Crippen LogP contribution in [0.4, 0.5) is 0 Å². The maximum absolute atomic E-state index is 11.5. The molecule has 0 aromatic carbocycles. The number of aliphatic carboxylic acids is 3. The van der Waals surface area contributed by atoms with Gasteiger partial charge in [-0.3, -0.25) is 14.4 Å². The SMILES string of the molecule is C/C=C/CCCCCCCCC[N+](CC(C)C(=O)O)(CC(C)C(=O)O)CC(C)C(=O)O. The molecule has 180 valence electrons. The molecule has 7 heteroatoms. The molecule has 0 aliphatic rings. The van der Waals surface area contributed by atoms with Gasteiger partial charge in [0.1, 0.15) is 17.8 Å². The second-order valence-corrected chi connectivity index (χ2v) is 9.16. The molecule has 0 fully saturated rings. The van der Waals surface area contributed by atoms with Gasteiger partial charge in [-0.2, -0.15) is 0 Å². The van der Waals surface area contributed by atoms with Crippen molar-refractivity contribution < 1.29 is 34.2 Å².